The molecule has 2 aromatic rings. The van der Waals surface area contributed by atoms with Gasteiger partial charge in [0.2, 0.25) is 11.8 Å². The molecule has 1 N–H and O–H groups in total. The van der Waals surface area contributed by atoms with E-state index in [9.17, 15) is 9.59 Å². The van der Waals surface area contributed by atoms with Gasteiger partial charge in [-0.05, 0) is 36.4 Å². The molecule has 0 bridgehead atoms. The molecule has 0 atom stereocenters. The van der Waals surface area contributed by atoms with Gasteiger partial charge in [-0.3, -0.25) is 14.6 Å². The number of nitrogens with zero attached hydrogens (tertiary/aromatic N) is 2. The summed E-state index contributed by atoms with van der Waals surface area (Å²) in [5.41, 5.74) is 1.18. The maximum atomic E-state index is 12.0. The maximum absolute atomic E-state index is 12.0. The fourth-order valence-corrected chi connectivity index (χ4v) is 2.12. The van der Waals surface area contributed by atoms with Crippen LogP contribution in [0.3, 0.4) is 0 Å². The molecule has 124 valence electrons. The van der Waals surface area contributed by atoms with Gasteiger partial charge in [0.15, 0.2) is 0 Å². The van der Waals surface area contributed by atoms with Gasteiger partial charge in [0.25, 0.3) is 0 Å². The van der Waals surface area contributed by atoms with Crippen LogP contribution in [0.4, 0.5) is 5.69 Å². The Bertz CT molecular complexity index is 764. The Kier molecular flexibility index (Phi) is 6.35. The van der Waals surface area contributed by atoms with Crippen LogP contribution in [-0.2, 0) is 9.59 Å². The molecule has 0 saturated carbocycles. The van der Waals surface area contributed by atoms with E-state index in [1.807, 2.05) is 6.07 Å². The Morgan fingerprint density at radius 1 is 1.21 bits per heavy atom. The van der Waals surface area contributed by atoms with Crippen LogP contribution in [0.1, 0.15) is 5.69 Å². The fourth-order valence-electron chi connectivity index (χ4n) is 1.83. The second-order valence-electron chi connectivity index (χ2n) is 4.96. The zero-order valence-corrected chi connectivity index (χ0v) is 14.4. The SMILES string of the molecule is CN(CC(=O)Nc1ccc(Cl)c(Cl)c1)C(=O)/C=C/c1ccccn1. The van der Waals surface area contributed by atoms with Crippen molar-refractivity contribution >= 4 is 46.8 Å². The number of amides is 2. The standard InChI is InChI=1S/C17H15Cl2N3O2/c1-22(17(24)8-6-12-4-2-3-9-20-12)11-16(23)21-13-5-7-14(18)15(19)10-13/h2-10H,11H2,1H3,(H,21,23)/b8-6+. The maximum Gasteiger partial charge on any atom is 0.246 e. The summed E-state index contributed by atoms with van der Waals surface area (Å²) in [6.45, 7) is -0.0916. The molecule has 0 spiro atoms. The first-order chi connectivity index (χ1) is 11.5. The lowest BCUT2D eigenvalue weighted by atomic mass is 10.3. The van der Waals surface area contributed by atoms with Gasteiger partial charge in [0.05, 0.1) is 22.3 Å². The minimum atomic E-state index is -0.338. The van der Waals surface area contributed by atoms with Crippen LogP contribution in [0.2, 0.25) is 10.0 Å². The Morgan fingerprint density at radius 3 is 2.67 bits per heavy atom. The van der Waals surface area contributed by atoms with Crippen molar-refractivity contribution in [3.8, 4) is 0 Å². The van der Waals surface area contributed by atoms with Gasteiger partial charge in [-0.1, -0.05) is 29.3 Å². The molecule has 0 aliphatic heterocycles. The number of hydrogen-bond acceptors (Lipinski definition) is 3. The van der Waals surface area contributed by atoms with E-state index in [1.165, 1.54) is 11.0 Å². The van der Waals surface area contributed by atoms with Crippen molar-refractivity contribution in [2.75, 3.05) is 18.9 Å². The number of pyridine rings is 1. The molecular formula is C17H15Cl2N3O2. The number of anilines is 1. The van der Waals surface area contributed by atoms with Gasteiger partial charge >= 0.3 is 0 Å². The normalized spacial score (nSPS) is 10.6. The van der Waals surface area contributed by atoms with Crippen LogP contribution in [0, 0.1) is 0 Å². The van der Waals surface area contributed by atoms with Crippen molar-refractivity contribution in [2.45, 2.75) is 0 Å². The van der Waals surface area contributed by atoms with Crippen LogP contribution in [0.5, 0.6) is 0 Å². The molecule has 1 aromatic heterocycles. The van der Waals surface area contributed by atoms with Crippen LogP contribution in [0.25, 0.3) is 6.08 Å². The Hall–Kier alpha value is -2.37. The fraction of sp³-hybridized carbons (Fsp3) is 0.118. The summed E-state index contributed by atoms with van der Waals surface area (Å²) in [7, 11) is 1.54. The minimum absolute atomic E-state index is 0.0916. The summed E-state index contributed by atoms with van der Waals surface area (Å²) in [5.74, 6) is -0.639. The first-order valence-corrected chi connectivity index (χ1v) is 7.80. The summed E-state index contributed by atoms with van der Waals surface area (Å²) < 4.78 is 0. The van der Waals surface area contributed by atoms with E-state index in [2.05, 4.69) is 10.3 Å². The highest BCUT2D eigenvalue weighted by Gasteiger charge is 2.11. The Morgan fingerprint density at radius 2 is 2.00 bits per heavy atom. The number of aromatic nitrogens is 1. The minimum Gasteiger partial charge on any atom is -0.333 e. The van der Waals surface area contributed by atoms with Crippen molar-refractivity contribution in [1.82, 2.24) is 9.88 Å². The molecule has 0 aliphatic rings. The highest BCUT2D eigenvalue weighted by Crippen LogP contribution is 2.24. The topological polar surface area (TPSA) is 62.3 Å². The molecular weight excluding hydrogens is 349 g/mol. The van der Waals surface area contributed by atoms with E-state index in [0.29, 0.717) is 21.4 Å². The van der Waals surface area contributed by atoms with Gasteiger partial charge in [0.1, 0.15) is 0 Å². The van der Waals surface area contributed by atoms with E-state index in [-0.39, 0.29) is 18.4 Å². The number of rotatable bonds is 5. The van der Waals surface area contributed by atoms with E-state index in [0.717, 1.165) is 0 Å². The molecule has 0 radical (unpaired) electrons. The van der Waals surface area contributed by atoms with Gasteiger partial charge in [-0.15, -0.1) is 0 Å². The molecule has 0 saturated heterocycles. The smallest absolute Gasteiger partial charge is 0.246 e. The second kappa shape index (κ2) is 8.47. The molecule has 0 aliphatic carbocycles. The van der Waals surface area contributed by atoms with Crippen molar-refractivity contribution in [3.05, 3.63) is 64.4 Å². The number of halogens is 2. The van der Waals surface area contributed by atoms with Crippen LogP contribution in [0.15, 0.2) is 48.7 Å². The second-order valence-corrected chi connectivity index (χ2v) is 5.77. The van der Waals surface area contributed by atoms with E-state index in [1.54, 1.807) is 49.7 Å². The zero-order chi connectivity index (χ0) is 17.5. The lowest BCUT2D eigenvalue weighted by molar-refractivity contribution is -0.129. The number of likely N-dealkylation sites (N-methyl/N-ethyl adjacent to an activating group) is 1. The van der Waals surface area contributed by atoms with Crippen LogP contribution < -0.4 is 5.32 Å². The predicted octanol–water partition coefficient (Wildman–Crippen LogP) is 3.50. The third-order valence-electron chi connectivity index (χ3n) is 3.04. The lowest BCUT2D eigenvalue weighted by Crippen LogP contribution is -2.33. The lowest BCUT2D eigenvalue weighted by Gasteiger charge is -2.15. The monoisotopic (exact) mass is 363 g/mol. The molecule has 2 rings (SSSR count). The number of benzene rings is 1. The Balaban J connectivity index is 1.89. The van der Waals surface area contributed by atoms with Gasteiger partial charge in [0, 0.05) is 25.0 Å². The molecule has 2 amide bonds. The highest BCUT2D eigenvalue weighted by molar-refractivity contribution is 6.42. The molecule has 0 fully saturated rings. The molecule has 24 heavy (non-hydrogen) atoms. The molecule has 5 nitrogen and oxygen atoms in total. The number of carbonyl (C=O) groups is 2. The predicted molar refractivity (Wildman–Crippen MR) is 96.0 cm³/mol. The first-order valence-electron chi connectivity index (χ1n) is 7.05. The van der Waals surface area contributed by atoms with E-state index < -0.39 is 0 Å². The van der Waals surface area contributed by atoms with Gasteiger partial charge in [-0.2, -0.15) is 0 Å². The first kappa shape index (κ1) is 18.0. The van der Waals surface area contributed by atoms with Gasteiger partial charge in [-0.25, -0.2) is 0 Å². The third kappa shape index (κ3) is 5.37. The number of carbonyl (C=O) groups excluding carboxylic acids is 2. The van der Waals surface area contributed by atoms with Crippen molar-refractivity contribution in [3.63, 3.8) is 0 Å². The number of hydrogen-bond donors (Lipinski definition) is 1. The average molecular weight is 364 g/mol. The van der Waals surface area contributed by atoms with Gasteiger partial charge < -0.3 is 10.2 Å². The summed E-state index contributed by atoms with van der Waals surface area (Å²) in [6, 6.07) is 10.2. The highest BCUT2D eigenvalue weighted by atomic mass is 35.5. The number of nitrogens with one attached hydrogen (secondary N) is 1. The van der Waals surface area contributed by atoms with Crippen molar-refractivity contribution < 1.29 is 9.59 Å². The van der Waals surface area contributed by atoms with Crippen LogP contribution >= 0.6 is 23.2 Å². The Labute approximate surface area is 149 Å². The largest absolute Gasteiger partial charge is 0.333 e. The molecule has 7 heteroatoms. The third-order valence-corrected chi connectivity index (χ3v) is 3.78. The molecule has 1 heterocycles. The van der Waals surface area contributed by atoms with Crippen LogP contribution in [-0.4, -0.2) is 35.3 Å². The summed E-state index contributed by atoms with van der Waals surface area (Å²) in [6.07, 6.45) is 4.60. The summed E-state index contributed by atoms with van der Waals surface area (Å²) >= 11 is 11.7. The molecule has 0 unspecified atom stereocenters. The van der Waals surface area contributed by atoms with Crippen molar-refractivity contribution in [2.24, 2.45) is 0 Å². The van der Waals surface area contributed by atoms with Crippen molar-refractivity contribution in [1.29, 1.82) is 0 Å². The quantitative estimate of drug-likeness (QED) is 0.826. The summed E-state index contributed by atoms with van der Waals surface area (Å²) in [4.78, 5) is 29.4. The van der Waals surface area contributed by atoms with E-state index >= 15 is 0 Å². The summed E-state index contributed by atoms with van der Waals surface area (Å²) in [5, 5.41) is 3.41. The zero-order valence-electron chi connectivity index (χ0n) is 12.9. The average Bonchev–Trinajstić information content (AvgIpc) is 2.56. The molecule has 1 aromatic carbocycles. The van der Waals surface area contributed by atoms with E-state index in [4.69, 9.17) is 23.2 Å².